The number of carbonyl (C=O) groups is 2. The van der Waals surface area contributed by atoms with Gasteiger partial charge in [0.1, 0.15) is 0 Å². The quantitative estimate of drug-likeness (QED) is 0.585. The van der Waals surface area contributed by atoms with E-state index in [0.717, 1.165) is 0 Å². The molecule has 1 fully saturated rings. The van der Waals surface area contributed by atoms with Crippen molar-refractivity contribution in [3.63, 3.8) is 0 Å². The summed E-state index contributed by atoms with van der Waals surface area (Å²) in [5, 5.41) is 0.596. The summed E-state index contributed by atoms with van der Waals surface area (Å²) in [6.07, 6.45) is 1.40. The highest BCUT2D eigenvalue weighted by Crippen LogP contribution is 2.42. The molecule has 1 aliphatic carbocycles. The molecule has 0 radical (unpaired) electrons. The molecule has 1 aromatic carbocycles. The van der Waals surface area contributed by atoms with Gasteiger partial charge in [0.15, 0.2) is 0 Å². The molecular formula is C16H16ClNO2. The minimum absolute atomic E-state index is 0.0748. The maximum absolute atomic E-state index is 12.5. The van der Waals surface area contributed by atoms with Crippen LogP contribution in [0.3, 0.4) is 0 Å². The molecule has 4 heteroatoms. The smallest absolute Gasteiger partial charge is 0.238 e. The summed E-state index contributed by atoms with van der Waals surface area (Å²) in [5.41, 5.74) is 3.10. The summed E-state index contributed by atoms with van der Waals surface area (Å²) in [6.45, 7) is 4.10. The van der Waals surface area contributed by atoms with Gasteiger partial charge in [-0.25, -0.2) is 0 Å². The van der Waals surface area contributed by atoms with E-state index in [2.05, 4.69) is 0 Å². The van der Waals surface area contributed by atoms with E-state index >= 15 is 0 Å². The van der Waals surface area contributed by atoms with Gasteiger partial charge in [0.25, 0.3) is 0 Å². The van der Waals surface area contributed by atoms with Crippen LogP contribution in [-0.2, 0) is 9.59 Å². The van der Waals surface area contributed by atoms with Crippen molar-refractivity contribution in [3.05, 3.63) is 40.4 Å². The van der Waals surface area contributed by atoms with Gasteiger partial charge in [-0.3, -0.25) is 14.5 Å². The molecule has 20 heavy (non-hydrogen) atoms. The number of amides is 2. The third-order valence-electron chi connectivity index (χ3n) is 4.43. The highest BCUT2D eigenvalue weighted by atomic mass is 35.5. The lowest BCUT2D eigenvalue weighted by molar-refractivity contribution is -0.122. The van der Waals surface area contributed by atoms with Gasteiger partial charge < -0.3 is 0 Å². The van der Waals surface area contributed by atoms with Gasteiger partial charge in [0.2, 0.25) is 11.8 Å². The van der Waals surface area contributed by atoms with Crippen molar-refractivity contribution in [3.8, 4) is 0 Å². The number of carbonyl (C=O) groups excluding carboxylic acids is 2. The van der Waals surface area contributed by atoms with Gasteiger partial charge >= 0.3 is 0 Å². The number of halogens is 1. The third kappa shape index (κ3) is 1.97. The predicted octanol–water partition coefficient (Wildman–Crippen LogP) is 3.58. The van der Waals surface area contributed by atoms with Crippen LogP contribution in [0.25, 0.3) is 0 Å². The minimum atomic E-state index is -0.193. The zero-order chi connectivity index (χ0) is 14.4. The van der Waals surface area contributed by atoms with Crippen LogP contribution in [-0.4, -0.2) is 11.8 Å². The highest BCUT2D eigenvalue weighted by Gasteiger charge is 2.49. The maximum Gasteiger partial charge on any atom is 0.238 e. The van der Waals surface area contributed by atoms with Gasteiger partial charge in [0, 0.05) is 5.02 Å². The minimum Gasteiger partial charge on any atom is -0.274 e. The van der Waals surface area contributed by atoms with Crippen LogP contribution in [0.4, 0.5) is 5.69 Å². The van der Waals surface area contributed by atoms with Crippen molar-refractivity contribution in [2.75, 3.05) is 4.90 Å². The molecule has 3 nitrogen and oxygen atoms in total. The number of benzene rings is 1. The fraction of sp³-hybridized carbons (Fsp3) is 0.375. The maximum atomic E-state index is 12.5. The van der Waals surface area contributed by atoms with Crippen LogP contribution in [0.2, 0.25) is 5.02 Å². The molecule has 1 saturated heterocycles. The monoisotopic (exact) mass is 289 g/mol. The number of nitrogens with zero attached hydrogens (tertiary/aromatic N) is 1. The van der Waals surface area contributed by atoms with E-state index in [1.807, 2.05) is 13.8 Å². The summed E-state index contributed by atoms with van der Waals surface area (Å²) in [7, 11) is 0. The molecule has 104 valence electrons. The van der Waals surface area contributed by atoms with Crippen molar-refractivity contribution in [1.29, 1.82) is 0 Å². The number of imide groups is 1. The number of rotatable bonds is 1. The number of hydrogen-bond acceptors (Lipinski definition) is 2. The van der Waals surface area contributed by atoms with Crippen LogP contribution in [0.1, 0.15) is 26.7 Å². The first-order valence-electron chi connectivity index (χ1n) is 6.77. The first-order valence-corrected chi connectivity index (χ1v) is 7.15. The first-order chi connectivity index (χ1) is 9.49. The lowest BCUT2D eigenvalue weighted by Crippen LogP contribution is -2.30. The second-order valence-corrected chi connectivity index (χ2v) is 6.11. The third-order valence-corrected chi connectivity index (χ3v) is 4.68. The second-order valence-electron chi connectivity index (χ2n) is 5.67. The van der Waals surface area contributed by atoms with Gasteiger partial charge in [-0.1, -0.05) is 22.7 Å². The molecule has 0 saturated carbocycles. The molecule has 2 amide bonds. The Hall–Kier alpha value is -1.61. The SMILES string of the molecule is CC1=C(C)C[C@@H]2C(=O)N(c3ccc(Cl)cc3)C(=O)[C@H]2C1. The topological polar surface area (TPSA) is 37.4 Å². The number of allylic oxidation sites excluding steroid dienone is 2. The average Bonchev–Trinajstić information content (AvgIpc) is 2.65. The first kappa shape index (κ1) is 13.4. The van der Waals surface area contributed by atoms with Crippen LogP contribution in [0.15, 0.2) is 35.4 Å². The molecule has 0 spiro atoms. The summed E-state index contributed by atoms with van der Waals surface area (Å²) in [4.78, 5) is 26.4. The Morgan fingerprint density at radius 1 is 0.950 bits per heavy atom. The standard InChI is InChI=1S/C16H16ClNO2/c1-9-7-13-14(8-10(9)2)16(20)18(15(13)19)12-5-3-11(17)4-6-12/h3-6,13-14H,7-8H2,1-2H3/t13-,14-/m0/s1. The molecule has 3 rings (SSSR count). The molecule has 0 N–H and O–H groups in total. The lowest BCUT2D eigenvalue weighted by Gasteiger charge is -2.23. The second kappa shape index (κ2) is 4.74. The Bertz CT molecular complexity index is 586. The van der Waals surface area contributed by atoms with E-state index < -0.39 is 0 Å². The Balaban J connectivity index is 1.95. The fourth-order valence-corrected chi connectivity index (χ4v) is 3.22. The molecular weight excluding hydrogens is 274 g/mol. The Morgan fingerprint density at radius 3 is 1.85 bits per heavy atom. The van der Waals surface area contributed by atoms with E-state index in [9.17, 15) is 9.59 Å². The molecule has 1 aliphatic heterocycles. The van der Waals surface area contributed by atoms with Crippen LogP contribution >= 0.6 is 11.6 Å². The number of anilines is 1. The Kier molecular flexibility index (Phi) is 3.17. The molecule has 2 atom stereocenters. The van der Waals surface area contributed by atoms with Crippen molar-refractivity contribution in [1.82, 2.24) is 0 Å². The molecule has 1 aromatic rings. The van der Waals surface area contributed by atoms with Crippen LogP contribution in [0, 0.1) is 11.8 Å². The van der Waals surface area contributed by atoms with E-state index in [0.29, 0.717) is 23.6 Å². The van der Waals surface area contributed by atoms with Crippen LogP contribution < -0.4 is 4.90 Å². The molecule has 1 heterocycles. The number of hydrogen-bond donors (Lipinski definition) is 0. The fourth-order valence-electron chi connectivity index (χ4n) is 3.10. The van der Waals surface area contributed by atoms with Crippen molar-refractivity contribution >= 4 is 29.1 Å². The average molecular weight is 290 g/mol. The normalized spacial score (nSPS) is 26.2. The van der Waals surface area contributed by atoms with Crippen LogP contribution in [0.5, 0.6) is 0 Å². The van der Waals surface area contributed by atoms with E-state index in [1.165, 1.54) is 16.0 Å². The zero-order valence-corrected chi connectivity index (χ0v) is 12.3. The van der Waals surface area contributed by atoms with E-state index in [4.69, 9.17) is 11.6 Å². The van der Waals surface area contributed by atoms with Gasteiger partial charge in [-0.15, -0.1) is 0 Å². The summed E-state index contributed by atoms with van der Waals surface area (Å²) in [6, 6.07) is 6.85. The zero-order valence-electron chi connectivity index (χ0n) is 11.5. The molecule has 2 aliphatic rings. The van der Waals surface area contributed by atoms with E-state index in [1.54, 1.807) is 24.3 Å². The molecule has 0 aromatic heterocycles. The van der Waals surface area contributed by atoms with Crippen molar-refractivity contribution in [2.45, 2.75) is 26.7 Å². The largest absolute Gasteiger partial charge is 0.274 e. The summed E-state index contributed by atoms with van der Waals surface area (Å²) >= 11 is 5.86. The Morgan fingerprint density at radius 2 is 1.40 bits per heavy atom. The van der Waals surface area contributed by atoms with Gasteiger partial charge in [0.05, 0.1) is 17.5 Å². The summed E-state index contributed by atoms with van der Waals surface area (Å²) < 4.78 is 0. The van der Waals surface area contributed by atoms with Gasteiger partial charge in [-0.2, -0.15) is 0 Å². The lowest BCUT2D eigenvalue weighted by atomic mass is 9.78. The van der Waals surface area contributed by atoms with Gasteiger partial charge in [-0.05, 0) is 51.0 Å². The highest BCUT2D eigenvalue weighted by molar-refractivity contribution is 6.30. The summed E-state index contributed by atoms with van der Waals surface area (Å²) in [5.74, 6) is -0.535. The molecule has 0 unspecified atom stereocenters. The Labute approximate surface area is 123 Å². The predicted molar refractivity (Wildman–Crippen MR) is 78.5 cm³/mol. The van der Waals surface area contributed by atoms with Crippen molar-refractivity contribution in [2.24, 2.45) is 11.8 Å². The molecule has 0 bridgehead atoms. The van der Waals surface area contributed by atoms with Crippen molar-refractivity contribution < 1.29 is 9.59 Å². The van der Waals surface area contributed by atoms with E-state index in [-0.39, 0.29) is 23.7 Å². The number of fused-ring (bicyclic) bond motifs is 1.